The fraction of sp³-hybridized carbons (Fsp3) is 0.500. The van der Waals surface area contributed by atoms with Crippen LogP contribution in [0.1, 0.15) is 36.4 Å². The normalized spacial score (nSPS) is 28.3. The SMILES string of the molecule is NC1(C(=O)N[C@@H]2c3ccccc3C[C@@H]2O)CCC1. The number of fused-ring (bicyclic) bond motifs is 1. The van der Waals surface area contributed by atoms with Gasteiger partial charge in [-0.2, -0.15) is 0 Å². The summed E-state index contributed by atoms with van der Waals surface area (Å²) in [6, 6.07) is 7.52. The highest BCUT2D eigenvalue weighted by atomic mass is 16.3. The molecule has 0 heterocycles. The lowest BCUT2D eigenvalue weighted by molar-refractivity contribution is -0.130. The van der Waals surface area contributed by atoms with Crippen LogP contribution in [-0.2, 0) is 11.2 Å². The molecule has 0 aromatic heterocycles. The molecule has 1 amide bonds. The second kappa shape index (κ2) is 4.07. The van der Waals surface area contributed by atoms with Crippen molar-refractivity contribution in [3.05, 3.63) is 35.4 Å². The molecule has 18 heavy (non-hydrogen) atoms. The van der Waals surface area contributed by atoms with Gasteiger partial charge in [-0.15, -0.1) is 0 Å². The van der Waals surface area contributed by atoms with Crippen LogP contribution in [-0.4, -0.2) is 22.7 Å². The van der Waals surface area contributed by atoms with E-state index in [9.17, 15) is 9.90 Å². The first-order valence-corrected chi connectivity index (χ1v) is 6.46. The van der Waals surface area contributed by atoms with Crippen LogP contribution in [0.15, 0.2) is 24.3 Å². The molecular weight excluding hydrogens is 228 g/mol. The van der Waals surface area contributed by atoms with Gasteiger partial charge in [0.15, 0.2) is 0 Å². The van der Waals surface area contributed by atoms with Crippen LogP contribution in [0.3, 0.4) is 0 Å². The summed E-state index contributed by atoms with van der Waals surface area (Å²) < 4.78 is 0. The van der Waals surface area contributed by atoms with Gasteiger partial charge >= 0.3 is 0 Å². The average molecular weight is 246 g/mol. The Bertz CT molecular complexity index is 482. The van der Waals surface area contributed by atoms with Gasteiger partial charge in [-0.25, -0.2) is 0 Å². The van der Waals surface area contributed by atoms with Crippen LogP contribution in [0.2, 0.25) is 0 Å². The number of rotatable bonds is 2. The largest absolute Gasteiger partial charge is 0.390 e. The van der Waals surface area contributed by atoms with Gasteiger partial charge < -0.3 is 16.2 Å². The Hall–Kier alpha value is -1.39. The number of benzene rings is 1. The predicted octanol–water partition coefficient (Wildman–Crippen LogP) is 0.642. The molecule has 2 aliphatic rings. The molecule has 0 unspecified atom stereocenters. The summed E-state index contributed by atoms with van der Waals surface area (Å²) in [6.45, 7) is 0. The fourth-order valence-electron chi connectivity index (χ4n) is 2.82. The van der Waals surface area contributed by atoms with E-state index in [1.807, 2.05) is 24.3 Å². The zero-order valence-electron chi connectivity index (χ0n) is 10.2. The van der Waals surface area contributed by atoms with E-state index in [1.54, 1.807) is 0 Å². The lowest BCUT2D eigenvalue weighted by atomic mass is 9.77. The van der Waals surface area contributed by atoms with Crippen molar-refractivity contribution in [2.75, 3.05) is 0 Å². The van der Waals surface area contributed by atoms with Crippen molar-refractivity contribution in [2.45, 2.75) is 43.4 Å². The molecule has 1 saturated carbocycles. The molecule has 0 saturated heterocycles. The van der Waals surface area contributed by atoms with Crippen LogP contribution in [0, 0.1) is 0 Å². The molecule has 0 aliphatic heterocycles. The van der Waals surface area contributed by atoms with Crippen molar-refractivity contribution >= 4 is 5.91 Å². The highest BCUT2D eigenvalue weighted by Gasteiger charge is 2.42. The lowest BCUT2D eigenvalue weighted by Crippen LogP contribution is -2.59. The topological polar surface area (TPSA) is 75.4 Å². The van der Waals surface area contributed by atoms with Crippen molar-refractivity contribution in [1.29, 1.82) is 0 Å². The standard InChI is InChI=1S/C14H18N2O2/c15-14(6-3-7-14)13(18)16-12-10-5-2-1-4-9(10)8-11(12)17/h1-2,4-5,11-12,17H,3,6-8,15H2,(H,16,18)/t11-,12+/m0/s1. The third kappa shape index (κ3) is 1.72. The molecule has 96 valence electrons. The number of nitrogens with two attached hydrogens (primary N) is 1. The van der Waals surface area contributed by atoms with E-state index >= 15 is 0 Å². The molecular formula is C14H18N2O2. The second-order valence-electron chi connectivity index (χ2n) is 5.43. The van der Waals surface area contributed by atoms with Crippen LogP contribution in [0.4, 0.5) is 0 Å². The molecule has 0 radical (unpaired) electrons. The molecule has 4 nitrogen and oxygen atoms in total. The van der Waals surface area contributed by atoms with Crippen molar-refractivity contribution in [3.63, 3.8) is 0 Å². The summed E-state index contributed by atoms with van der Waals surface area (Å²) in [7, 11) is 0. The average Bonchev–Trinajstić information content (AvgIpc) is 2.63. The van der Waals surface area contributed by atoms with Gasteiger partial charge in [0.2, 0.25) is 5.91 Å². The Morgan fingerprint density at radius 3 is 2.78 bits per heavy atom. The summed E-state index contributed by atoms with van der Waals surface area (Å²) in [5.41, 5.74) is 7.41. The van der Waals surface area contributed by atoms with E-state index in [0.29, 0.717) is 6.42 Å². The highest BCUT2D eigenvalue weighted by Crippen LogP contribution is 2.34. The minimum absolute atomic E-state index is 0.130. The molecule has 0 spiro atoms. The predicted molar refractivity (Wildman–Crippen MR) is 67.8 cm³/mol. The zero-order chi connectivity index (χ0) is 12.8. The molecule has 3 rings (SSSR count). The minimum Gasteiger partial charge on any atom is -0.390 e. The molecule has 1 aromatic rings. The number of carbonyl (C=O) groups is 1. The number of hydrogen-bond acceptors (Lipinski definition) is 3. The third-order valence-corrected chi connectivity index (χ3v) is 4.19. The summed E-state index contributed by atoms with van der Waals surface area (Å²) >= 11 is 0. The van der Waals surface area contributed by atoms with Crippen molar-refractivity contribution in [3.8, 4) is 0 Å². The van der Waals surface area contributed by atoms with Crippen LogP contribution in [0.5, 0.6) is 0 Å². The van der Waals surface area contributed by atoms with E-state index in [1.165, 1.54) is 0 Å². The quantitative estimate of drug-likeness (QED) is 0.717. The van der Waals surface area contributed by atoms with E-state index < -0.39 is 11.6 Å². The van der Waals surface area contributed by atoms with Gasteiger partial charge in [-0.3, -0.25) is 4.79 Å². The molecule has 2 aliphatic carbocycles. The molecule has 0 bridgehead atoms. The van der Waals surface area contributed by atoms with Crippen molar-refractivity contribution < 1.29 is 9.90 Å². The highest BCUT2D eigenvalue weighted by molar-refractivity contribution is 5.87. The van der Waals surface area contributed by atoms with Gasteiger partial charge in [0.25, 0.3) is 0 Å². The number of aliphatic hydroxyl groups is 1. The van der Waals surface area contributed by atoms with E-state index in [-0.39, 0.29) is 11.9 Å². The van der Waals surface area contributed by atoms with Crippen molar-refractivity contribution in [2.24, 2.45) is 5.73 Å². The van der Waals surface area contributed by atoms with E-state index in [2.05, 4.69) is 5.32 Å². The van der Waals surface area contributed by atoms with E-state index in [4.69, 9.17) is 5.73 Å². The minimum atomic E-state index is -0.711. The maximum Gasteiger partial charge on any atom is 0.240 e. The molecule has 2 atom stereocenters. The van der Waals surface area contributed by atoms with Gasteiger partial charge in [-0.05, 0) is 30.4 Å². The number of aliphatic hydroxyl groups excluding tert-OH is 1. The van der Waals surface area contributed by atoms with Gasteiger partial charge in [-0.1, -0.05) is 24.3 Å². The number of amides is 1. The summed E-state index contributed by atoms with van der Waals surface area (Å²) in [5.74, 6) is -0.130. The monoisotopic (exact) mass is 246 g/mol. The summed E-state index contributed by atoms with van der Waals surface area (Å²) in [6.07, 6.45) is 2.54. The molecule has 1 aromatic carbocycles. The third-order valence-electron chi connectivity index (χ3n) is 4.19. The zero-order valence-corrected chi connectivity index (χ0v) is 10.2. The van der Waals surface area contributed by atoms with Crippen LogP contribution in [0.25, 0.3) is 0 Å². The Kier molecular flexibility index (Phi) is 2.64. The van der Waals surface area contributed by atoms with Gasteiger partial charge in [0.1, 0.15) is 0 Å². The Balaban J connectivity index is 1.79. The molecule has 4 heteroatoms. The summed E-state index contributed by atoms with van der Waals surface area (Å²) in [5, 5.41) is 13.0. The first kappa shape index (κ1) is 11.7. The first-order chi connectivity index (χ1) is 8.60. The smallest absolute Gasteiger partial charge is 0.240 e. The van der Waals surface area contributed by atoms with Gasteiger partial charge in [0.05, 0.1) is 17.7 Å². The maximum atomic E-state index is 12.1. The first-order valence-electron chi connectivity index (χ1n) is 6.46. The number of nitrogens with one attached hydrogen (secondary N) is 1. The Morgan fingerprint density at radius 1 is 1.39 bits per heavy atom. The fourth-order valence-corrected chi connectivity index (χ4v) is 2.82. The van der Waals surface area contributed by atoms with Gasteiger partial charge in [0, 0.05) is 6.42 Å². The Morgan fingerprint density at radius 2 is 2.11 bits per heavy atom. The lowest BCUT2D eigenvalue weighted by Gasteiger charge is -2.37. The van der Waals surface area contributed by atoms with E-state index in [0.717, 1.165) is 30.4 Å². The van der Waals surface area contributed by atoms with Crippen molar-refractivity contribution in [1.82, 2.24) is 5.32 Å². The Labute approximate surface area is 106 Å². The van der Waals surface area contributed by atoms with Crippen LogP contribution >= 0.6 is 0 Å². The maximum absolute atomic E-state index is 12.1. The summed E-state index contributed by atoms with van der Waals surface area (Å²) in [4.78, 5) is 12.1. The number of hydrogen-bond donors (Lipinski definition) is 3. The number of carbonyl (C=O) groups excluding carboxylic acids is 1. The second-order valence-corrected chi connectivity index (χ2v) is 5.43. The molecule has 1 fully saturated rings. The van der Waals surface area contributed by atoms with Crippen LogP contribution < -0.4 is 11.1 Å². The molecule has 4 N–H and O–H groups in total.